The molecule has 1 aliphatic rings. The van der Waals surface area contributed by atoms with Crippen LogP contribution in [0.3, 0.4) is 0 Å². The summed E-state index contributed by atoms with van der Waals surface area (Å²) in [6.45, 7) is 0. The van der Waals surface area contributed by atoms with Gasteiger partial charge in [0.1, 0.15) is 0 Å². The van der Waals surface area contributed by atoms with Crippen molar-refractivity contribution in [3.8, 4) is 0 Å². The van der Waals surface area contributed by atoms with Gasteiger partial charge in [-0.05, 0) is 56.0 Å². The van der Waals surface area contributed by atoms with Crippen molar-refractivity contribution in [2.24, 2.45) is 0 Å². The lowest BCUT2D eigenvalue weighted by Gasteiger charge is -2.28. The number of aromatic amines is 1. The van der Waals surface area contributed by atoms with Crippen molar-refractivity contribution in [3.63, 3.8) is 0 Å². The Hall–Kier alpha value is -1.48. The zero-order chi connectivity index (χ0) is 13.2. The van der Waals surface area contributed by atoms with E-state index in [1.54, 1.807) is 0 Å². The lowest BCUT2D eigenvalue weighted by molar-refractivity contribution is 0.356. The van der Waals surface area contributed by atoms with E-state index in [9.17, 15) is 0 Å². The van der Waals surface area contributed by atoms with E-state index in [1.165, 1.54) is 47.8 Å². The molecule has 19 heavy (non-hydrogen) atoms. The normalized spacial score (nSPS) is 23.7. The Morgan fingerprint density at radius 2 is 2.11 bits per heavy atom. The van der Waals surface area contributed by atoms with Crippen LogP contribution < -0.4 is 10.6 Å². The fourth-order valence-electron chi connectivity index (χ4n) is 3.37. The maximum Gasteiger partial charge on any atom is 0.0458 e. The molecule has 1 aliphatic carbocycles. The summed E-state index contributed by atoms with van der Waals surface area (Å²) in [5, 5.41) is 8.06. The average Bonchev–Trinajstić information content (AvgIpc) is 2.90. The Labute approximate surface area is 114 Å². The minimum atomic E-state index is 0.677. The molecule has 0 amide bonds. The highest BCUT2D eigenvalue weighted by Crippen LogP contribution is 2.37. The van der Waals surface area contributed by atoms with Crippen molar-refractivity contribution >= 4 is 16.6 Å². The fourth-order valence-corrected chi connectivity index (χ4v) is 3.37. The number of hydrogen-bond acceptors (Lipinski definition) is 2. The predicted molar refractivity (Wildman–Crippen MR) is 81.9 cm³/mol. The van der Waals surface area contributed by atoms with Crippen LogP contribution in [0.2, 0.25) is 0 Å². The van der Waals surface area contributed by atoms with Gasteiger partial charge in [-0.25, -0.2) is 0 Å². The van der Waals surface area contributed by atoms with Crippen LogP contribution in [0, 0.1) is 0 Å². The Kier molecular flexibility index (Phi) is 3.47. The van der Waals surface area contributed by atoms with Gasteiger partial charge in [-0.15, -0.1) is 0 Å². The van der Waals surface area contributed by atoms with Crippen LogP contribution in [0.4, 0.5) is 5.69 Å². The molecule has 2 aromatic rings. The fraction of sp³-hybridized carbons (Fsp3) is 0.500. The molecule has 0 aliphatic heterocycles. The standard InChI is InChI=1S/C16H23N3/c1-17-12-5-3-4-11(8-12)15-10-19-16-7-6-13(18-2)9-14(15)16/h6-7,9-12,17-19H,3-5,8H2,1-2H3. The molecular formula is C16H23N3. The number of benzene rings is 1. The number of fused-ring (bicyclic) bond motifs is 1. The van der Waals surface area contributed by atoms with Crippen LogP contribution in [0.1, 0.15) is 37.2 Å². The van der Waals surface area contributed by atoms with E-state index >= 15 is 0 Å². The Bertz CT molecular complexity index is 558. The van der Waals surface area contributed by atoms with Gasteiger partial charge in [-0.3, -0.25) is 0 Å². The van der Waals surface area contributed by atoms with E-state index in [0.717, 1.165) is 0 Å². The summed E-state index contributed by atoms with van der Waals surface area (Å²) < 4.78 is 0. The summed E-state index contributed by atoms with van der Waals surface area (Å²) in [7, 11) is 4.06. The molecule has 1 saturated carbocycles. The molecule has 3 N–H and O–H groups in total. The first-order valence-corrected chi connectivity index (χ1v) is 7.28. The molecule has 1 fully saturated rings. The topological polar surface area (TPSA) is 39.9 Å². The molecule has 1 aromatic heterocycles. The second-order valence-electron chi connectivity index (χ2n) is 5.60. The Balaban J connectivity index is 1.95. The first-order valence-electron chi connectivity index (χ1n) is 7.28. The van der Waals surface area contributed by atoms with Gasteiger partial charge >= 0.3 is 0 Å². The van der Waals surface area contributed by atoms with Crippen LogP contribution in [-0.4, -0.2) is 25.1 Å². The molecule has 3 heteroatoms. The second-order valence-corrected chi connectivity index (χ2v) is 5.60. The van der Waals surface area contributed by atoms with Gasteiger partial charge in [0, 0.05) is 35.9 Å². The van der Waals surface area contributed by atoms with Crippen molar-refractivity contribution in [2.75, 3.05) is 19.4 Å². The lowest BCUT2D eigenvalue weighted by atomic mass is 9.81. The number of aromatic nitrogens is 1. The van der Waals surface area contributed by atoms with Gasteiger partial charge in [0.25, 0.3) is 0 Å². The molecule has 0 radical (unpaired) electrons. The van der Waals surface area contributed by atoms with Gasteiger partial charge in [-0.1, -0.05) is 6.42 Å². The van der Waals surface area contributed by atoms with Crippen LogP contribution in [0.15, 0.2) is 24.4 Å². The highest BCUT2D eigenvalue weighted by atomic mass is 14.9. The summed E-state index contributed by atoms with van der Waals surface area (Å²) in [6, 6.07) is 7.24. The van der Waals surface area contributed by atoms with E-state index in [4.69, 9.17) is 0 Å². The summed E-state index contributed by atoms with van der Waals surface area (Å²) >= 11 is 0. The Morgan fingerprint density at radius 1 is 1.21 bits per heavy atom. The molecule has 3 nitrogen and oxygen atoms in total. The molecular weight excluding hydrogens is 234 g/mol. The monoisotopic (exact) mass is 257 g/mol. The second kappa shape index (κ2) is 5.25. The summed E-state index contributed by atoms with van der Waals surface area (Å²) in [5.41, 5.74) is 3.93. The van der Waals surface area contributed by atoms with Crippen LogP contribution >= 0.6 is 0 Å². The van der Waals surface area contributed by atoms with Crippen molar-refractivity contribution < 1.29 is 0 Å². The smallest absolute Gasteiger partial charge is 0.0458 e. The first-order chi connectivity index (χ1) is 9.31. The summed E-state index contributed by atoms with van der Waals surface area (Å²) in [6.07, 6.45) is 7.43. The van der Waals surface area contributed by atoms with E-state index in [0.29, 0.717) is 12.0 Å². The number of nitrogens with one attached hydrogen (secondary N) is 3. The molecule has 0 spiro atoms. The minimum absolute atomic E-state index is 0.677. The SMILES string of the molecule is CNc1ccc2[nH]cc(C3CCCC(NC)C3)c2c1. The van der Waals surface area contributed by atoms with Crippen LogP contribution in [0.25, 0.3) is 10.9 Å². The molecule has 3 rings (SSSR count). The average molecular weight is 257 g/mol. The number of rotatable bonds is 3. The number of anilines is 1. The molecule has 0 bridgehead atoms. The quantitative estimate of drug-likeness (QED) is 0.788. The minimum Gasteiger partial charge on any atom is -0.388 e. The third-order valence-electron chi connectivity index (χ3n) is 4.52. The highest BCUT2D eigenvalue weighted by Gasteiger charge is 2.24. The predicted octanol–water partition coefficient (Wildman–Crippen LogP) is 3.46. The van der Waals surface area contributed by atoms with Crippen molar-refractivity contribution in [2.45, 2.75) is 37.6 Å². The van der Waals surface area contributed by atoms with Crippen molar-refractivity contribution in [1.82, 2.24) is 10.3 Å². The van der Waals surface area contributed by atoms with E-state index in [-0.39, 0.29) is 0 Å². The molecule has 2 unspecified atom stereocenters. The molecule has 1 aromatic carbocycles. The zero-order valence-corrected chi connectivity index (χ0v) is 11.8. The molecule has 102 valence electrons. The zero-order valence-electron chi connectivity index (χ0n) is 11.8. The maximum atomic E-state index is 3.44. The van der Waals surface area contributed by atoms with Crippen molar-refractivity contribution in [1.29, 1.82) is 0 Å². The largest absolute Gasteiger partial charge is 0.388 e. The maximum absolute atomic E-state index is 3.44. The summed E-state index contributed by atoms with van der Waals surface area (Å²) in [5.74, 6) is 0.687. The van der Waals surface area contributed by atoms with E-state index < -0.39 is 0 Å². The van der Waals surface area contributed by atoms with Gasteiger partial charge in [0.05, 0.1) is 0 Å². The van der Waals surface area contributed by atoms with E-state index in [2.05, 4.69) is 47.1 Å². The third kappa shape index (κ3) is 2.35. The number of H-pyrrole nitrogens is 1. The third-order valence-corrected chi connectivity index (χ3v) is 4.52. The number of hydrogen-bond donors (Lipinski definition) is 3. The molecule has 1 heterocycles. The first kappa shape index (κ1) is 12.5. The van der Waals surface area contributed by atoms with Gasteiger partial charge in [-0.2, -0.15) is 0 Å². The Morgan fingerprint density at radius 3 is 2.89 bits per heavy atom. The highest BCUT2D eigenvalue weighted by molar-refractivity contribution is 5.87. The van der Waals surface area contributed by atoms with Gasteiger partial charge in [0.2, 0.25) is 0 Å². The lowest BCUT2D eigenvalue weighted by Crippen LogP contribution is -2.30. The van der Waals surface area contributed by atoms with Crippen LogP contribution in [-0.2, 0) is 0 Å². The van der Waals surface area contributed by atoms with Gasteiger partial charge < -0.3 is 15.6 Å². The van der Waals surface area contributed by atoms with E-state index in [1.807, 2.05) is 7.05 Å². The molecule has 2 atom stereocenters. The summed E-state index contributed by atoms with van der Waals surface area (Å²) in [4.78, 5) is 3.42. The van der Waals surface area contributed by atoms with Crippen molar-refractivity contribution in [3.05, 3.63) is 30.0 Å². The molecule has 0 saturated heterocycles. The van der Waals surface area contributed by atoms with Gasteiger partial charge in [0.15, 0.2) is 0 Å². The van der Waals surface area contributed by atoms with Crippen LogP contribution in [0.5, 0.6) is 0 Å².